The monoisotopic (exact) mass is 602 g/mol. The van der Waals surface area contributed by atoms with Crippen LogP contribution in [0.2, 0.25) is 0 Å². The van der Waals surface area contributed by atoms with Crippen molar-refractivity contribution in [3.05, 3.63) is 70.8 Å². The van der Waals surface area contributed by atoms with E-state index < -0.39 is 32.7 Å². The van der Waals surface area contributed by atoms with E-state index >= 15 is 0 Å². The molecule has 0 bridgehead atoms. The number of sulfone groups is 1. The van der Waals surface area contributed by atoms with Gasteiger partial charge in [-0.15, -0.1) is 0 Å². The lowest BCUT2D eigenvalue weighted by molar-refractivity contribution is -0.335. The standard InChI is InChI=1S/C33H46O8S/c1-7-40-32(35)28-11-9-8-10-25(28)21-31(42(36,37)27-17-12-23(2)13-18-27)29(34)19-15-24-14-16-26(30(20-24)38-5)22-33(3,4)41-39-6/h12-14,16-18,20-21,28-29,31,34H,7-11,15,19,22H2,1-6H3. The molecule has 3 rings (SSSR count). The van der Waals surface area contributed by atoms with Crippen LogP contribution in [0.1, 0.15) is 69.6 Å². The van der Waals surface area contributed by atoms with Gasteiger partial charge < -0.3 is 14.6 Å². The number of aliphatic hydroxyl groups excluding tert-OH is 1. The maximum atomic E-state index is 13.9. The average Bonchev–Trinajstić information content (AvgIpc) is 2.95. The van der Waals surface area contributed by atoms with Crippen molar-refractivity contribution in [1.29, 1.82) is 0 Å². The van der Waals surface area contributed by atoms with E-state index in [1.54, 1.807) is 44.4 Å². The number of benzene rings is 2. The Balaban J connectivity index is 1.90. The fourth-order valence-electron chi connectivity index (χ4n) is 5.54. The maximum Gasteiger partial charge on any atom is 0.313 e. The first-order chi connectivity index (χ1) is 19.9. The van der Waals surface area contributed by atoms with Crippen molar-refractivity contribution in [2.45, 2.75) is 94.5 Å². The van der Waals surface area contributed by atoms with Crippen LogP contribution >= 0.6 is 0 Å². The highest BCUT2D eigenvalue weighted by atomic mass is 32.2. The van der Waals surface area contributed by atoms with Crippen LogP contribution in [0.25, 0.3) is 0 Å². The number of hydrogen-bond donors (Lipinski definition) is 1. The van der Waals surface area contributed by atoms with E-state index in [1.165, 1.54) is 7.11 Å². The van der Waals surface area contributed by atoms with Crippen LogP contribution in [-0.4, -0.2) is 57.3 Å². The largest absolute Gasteiger partial charge is 0.496 e. The van der Waals surface area contributed by atoms with Gasteiger partial charge in [0, 0.05) is 6.42 Å². The van der Waals surface area contributed by atoms with Gasteiger partial charge in [-0.05, 0) is 89.1 Å². The summed E-state index contributed by atoms with van der Waals surface area (Å²) in [7, 11) is -0.884. The van der Waals surface area contributed by atoms with Crippen molar-refractivity contribution in [3.8, 4) is 5.75 Å². The summed E-state index contributed by atoms with van der Waals surface area (Å²) in [5.41, 5.74) is 2.95. The van der Waals surface area contributed by atoms with E-state index in [0.717, 1.165) is 35.1 Å². The zero-order valence-corrected chi connectivity index (χ0v) is 26.5. The Morgan fingerprint density at radius 3 is 2.48 bits per heavy atom. The van der Waals surface area contributed by atoms with Crippen LogP contribution in [-0.2, 0) is 42.0 Å². The molecule has 1 N–H and O–H groups in total. The first-order valence-corrected chi connectivity index (χ1v) is 16.2. The molecule has 1 aliphatic carbocycles. The highest BCUT2D eigenvalue weighted by Gasteiger charge is 2.35. The van der Waals surface area contributed by atoms with Crippen molar-refractivity contribution < 1.29 is 37.6 Å². The van der Waals surface area contributed by atoms with Crippen molar-refractivity contribution >= 4 is 15.8 Å². The van der Waals surface area contributed by atoms with Crippen LogP contribution < -0.4 is 4.74 Å². The summed E-state index contributed by atoms with van der Waals surface area (Å²) in [6, 6.07) is 12.5. The third-order valence-corrected chi connectivity index (χ3v) is 9.79. The van der Waals surface area contributed by atoms with Crippen LogP contribution in [0, 0.1) is 12.8 Å². The van der Waals surface area contributed by atoms with Gasteiger partial charge in [-0.2, -0.15) is 0 Å². The van der Waals surface area contributed by atoms with Gasteiger partial charge in [-0.3, -0.25) is 4.79 Å². The molecule has 0 heterocycles. The van der Waals surface area contributed by atoms with Crippen molar-refractivity contribution in [2.75, 3.05) is 20.8 Å². The van der Waals surface area contributed by atoms with Gasteiger partial charge in [0.05, 0.1) is 37.7 Å². The fourth-order valence-corrected chi connectivity index (χ4v) is 7.27. The van der Waals surface area contributed by atoms with E-state index in [-0.39, 0.29) is 23.9 Å². The van der Waals surface area contributed by atoms with E-state index in [9.17, 15) is 18.3 Å². The summed E-state index contributed by atoms with van der Waals surface area (Å²) in [4.78, 5) is 23.1. The lowest BCUT2D eigenvalue weighted by atomic mass is 9.83. The molecule has 9 heteroatoms. The lowest BCUT2D eigenvalue weighted by Gasteiger charge is -2.27. The Bertz CT molecular complexity index is 1310. The van der Waals surface area contributed by atoms with Gasteiger partial charge in [0.1, 0.15) is 16.6 Å². The number of methoxy groups -OCH3 is 1. The molecule has 2 aromatic rings. The van der Waals surface area contributed by atoms with Gasteiger partial charge in [-0.25, -0.2) is 18.2 Å². The SMILES string of the molecule is CCOC(=O)C1CCCCC1=CC(C(O)CCc1ccc(CC(C)(C)OOC)c(OC)c1)S(=O)(=O)c1ccc(C)cc1. The molecule has 0 amide bonds. The molecule has 0 aromatic heterocycles. The van der Waals surface area contributed by atoms with Crippen molar-refractivity contribution in [1.82, 2.24) is 0 Å². The molecule has 42 heavy (non-hydrogen) atoms. The molecule has 232 valence electrons. The third-order valence-electron chi connectivity index (χ3n) is 7.70. The normalized spacial score (nSPS) is 18.5. The van der Waals surface area contributed by atoms with E-state index in [0.29, 0.717) is 31.4 Å². The second-order valence-electron chi connectivity index (χ2n) is 11.6. The van der Waals surface area contributed by atoms with Crippen molar-refractivity contribution in [3.63, 3.8) is 0 Å². The number of esters is 1. The predicted molar refractivity (Wildman–Crippen MR) is 162 cm³/mol. The van der Waals surface area contributed by atoms with Crippen LogP contribution in [0.5, 0.6) is 5.75 Å². The number of aliphatic hydroxyl groups is 1. The molecule has 1 fully saturated rings. The molecule has 2 aromatic carbocycles. The average molecular weight is 603 g/mol. The molecule has 1 saturated carbocycles. The molecular weight excluding hydrogens is 556 g/mol. The molecule has 1 aliphatic rings. The minimum atomic E-state index is -3.96. The highest BCUT2D eigenvalue weighted by molar-refractivity contribution is 7.92. The second-order valence-corrected chi connectivity index (χ2v) is 13.7. The zero-order valence-electron chi connectivity index (χ0n) is 25.7. The minimum Gasteiger partial charge on any atom is -0.496 e. The maximum absolute atomic E-state index is 13.9. The number of aryl methyl sites for hydroxylation is 2. The number of ether oxygens (including phenoxy) is 2. The molecule has 0 aliphatic heterocycles. The topological polar surface area (TPSA) is 108 Å². The smallest absolute Gasteiger partial charge is 0.313 e. The number of rotatable bonds is 14. The molecule has 0 spiro atoms. The summed E-state index contributed by atoms with van der Waals surface area (Å²) >= 11 is 0. The zero-order chi connectivity index (χ0) is 30.9. The number of hydrogen-bond acceptors (Lipinski definition) is 8. The first-order valence-electron chi connectivity index (χ1n) is 14.6. The Labute approximate surface area is 250 Å². The van der Waals surface area contributed by atoms with E-state index in [1.807, 2.05) is 39.0 Å². The summed E-state index contributed by atoms with van der Waals surface area (Å²) in [5.74, 6) is -0.152. The van der Waals surface area contributed by atoms with E-state index in [2.05, 4.69) is 0 Å². The molecule has 3 unspecified atom stereocenters. The summed E-state index contributed by atoms with van der Waals surface area (Å²) in [5, 5.41) is 10.3. The number of carbonyl (C=O) groups is 1. The third kappa shape index (κ3) is 8.89. The Morgan fingerprint density at radius 1 is 1.12 bits per heavy atom. The highest BCUT2D eigenvalue weighted by Crippen LogP contribution is 2.34. The van der Waals surface area contributed by atoms with Crippen LogP contribution in [0.3, 0.4) is 0 Å². The van der Waals surface area contributed by atoms with Gasteiger partial charge in [0.25, 0.3) is 0 Å². The fraction of sp³-hybridized carbons (Fsp3) is 0.545. The Kier molecular flexibility index (Phi) is 12.2. The van der Waals surface area contributed by atoms with Crippen LogP contribution in [0.15, 0.2) is 59.0 Å². The van der Waals surface area contributed by atoms with Gasteiger partial charge >= 0.3 is 5.97 Å². The molecule has 0 saturated heterocycles. The lowest BCUT2D eigenvalue weighted by Crippen LogP contribution is -2.35. The van der Waals surface area contributed by atoms with Gasteiger partial charge in [0.2, 0.25) is 0 Å². The Morgan fingerprint density at radius 2 is 1.83 bits per heavy atom. The van der Waals surface area contributed by atoms with Gasteiger partial charge in [-0.1, -0.05) is 47.9 Å². The minimum absolute atomic E-state index is 0.143. The van der Waals surface area contributed by atoms with E-state index in [4.69, 9.17) is 19.2 Å². The van der Waals surface area contributed by atoms with Crippen LogP contribution in [0.4, 0.5) is 0 Å². The molecule has 3 atom stereocenters. The van der Waals surface area contributed by atoms with Crippen molar-refractivity contribution in [2.24, 2.45) is 5.92 Å². The summed E-state index contributed by atoms with van der Waals surface area (Å²) < 4.78 is 38.8. The summed E-state index contributed by atoms with van der Waals surface area (Å²) in [6.07, 6.45) is 4.53. The summed E-state index contributed by atoms with van der Waals surface area (Å²) in [6.45, 7) is 7.75. The first kappa shape index (κ1) is 33.8. The number of carbonyl (C=O) groups excluding carboxylic acids is 1. The molecule has 8 nitrogen and oxygen atoms in total. The Hall–Kier alpha value is -2.72. The molecule has 0 radical (unpaired) electrons. The molecular formula is C33H46O8S. The quantitative estimate of drug-likeness (QED) is 0.127. The van der Waals surface area contributed by atoms with Gasteiger partial charge in [0.15, 0.2) is 9.84 Å². The second kappa shape index (κ2) is 15.1. The predicted octanol–water partition coefficient (Wildman–Crippen LogP) is 5.72.